The molecule has 0 spiro atoms. The summed E-state index contributed by atoms with van der Waals surface area (Å²) in [6, 6.07) is 0. The summed E-state index contributed by atoms with van der Waals surface area (Å²) in [7, 11) is -9.93. The zero-order valence-electron chi connectivity index (χ0n) is 67.1. The molecule has 17 nitrogen and oxygen atoms in total. The molecule has 0 aliphatic carbocycles. The van der Waals surface area contributed by atoms with Crippen LogP contribution in [0, 0.1) is 17.8 Å². The van der Waals surface area contributed by atoms with Crippen LogP contribution in [-0.4, -0.2) is 96.7 Å². The number of hydrogen-bond acceptors (Lipinski definition) is 15. The number of carbonyl (C=O) groups is 4. The van der Waals surface area contributed by atoms with Gasteiger partial charge in [0.05, 0.1) is 26.4 Å². The molecule has 606 valence electrons. The van der Waals surface area contributed by atoms with E-state index >= 15 is 0 Å². The number of carbonyl (C=O) groups excluding carboxylic acids is 4. The third-order valence-corrected chi connectivity index (χ3v) is 21.3. The Bertz CT molecular complexity index is 1970. The molecule has 0 fully saturated rings. The van der Waals surface area contributed by atoms with E-state index in [9.17, 15) is 43.2 Å². The molecule has 0 rings (SSSR count). The van der Waals surface area contributed by atoms with E-state index in [1.54, 1.807) is 0 Å². The first-order valence-electron chi connectivity index (χ1n) is 42.8. The number of unbranched alkanes of at least 4 members (excludes halogenated alkanes) is 49. The molecule has 2 unspecified atom stereocenters. The van der Waals surface area contributed by atoms with Gasteiger partial charge in [0.15, 0.2) is 12.2 Å². The Balaban J connectivity index is 5.26. The van der Waals surface area contributed by atoms with Crippen LogP contribution in [0.15, 0.2) is 0 Å². The van der Waals surface area contributed by atoms with Gasteiger partial charge in [-0.25, -0.2) is 9.13 Å². The van der Waals surface area contributed by atoms with Crippen LogP contribution in [0.3, 0.4) is 0 Å². The summed E-state index contributed by atoms with van der Waals surface area (Å²) in [4.78, 5) is 73.1. The quantitative estimate of drug-likeness (QED) is 0.0222. The van der Waals surface area contributed by atoms with Gasteiger partial charge in [0.25, 0.3) is 0 Å². The van der Waals surface area contributed by atoms with Crippen molar-refractivity contribution in [2.24, 2.45) is 17.8 Å². The van der Waals surface area contributed by atoms with Crippen LogP contribution in [-0.2, 0) is 65.4 Å². The number of aliphatic hydroxyl groups excluding tert-OH is 1. The van der Waals surface area contributed by atoms with E-state index in [1.165, 1.54) is 244 Å². The molecular formula is C83H162O17P2. The lowest BCUT2D eigenvalue weighted by molar-refractivity contribution is -0.161. The first-order chi connectivity index (χ1) is 49.2. The fraction of sp³-hybridized carbons (Fsp3) is 0.952. The molecular weight excluding hydrogens is 1330 g/mol. The molecule has 0 aromatic rings. The first kappa shape index (κ1) is 100. The average Bonchev–Trinajstić information content (AvgIpc) is 0.913. The Morgan fingerprint density at radius 1 is 0.265 bits per heavy atom. The second-order valence-electron chi connectivity index (χ2n) is 31.3. The third kappa shape index (κ3) is 76.3. The molecule has 0 aliphatic heterocycles. The molecule has 0 aromatic carbocycles. The van der Waals surface area contributed by atoms with Crippen molar-refractivity contribution < 1.29 is 80.2 Å². The minimum absolute atomic E-state index is 0.106. The highest BCUT2D eigenvalue weighted by Crippen LogP contribution is 2.45. The maximum atomic E-state index is 13.1. The van der Waals surface area contributed by atoms with E-state index in [1.807, 2.05) is 0 Å². The van der Waals surface area contributed by atoms with Gasteiger partial charge in [0, 0.05) is 25.7 Å². The number of phosphoric acid groups is 2. The number of phosphoric ester groups is 2. The summed E-state index contributed by atoms with van der Waals surface area (Å²) in [5.41, 5.74) is 0. The van der Waals surface area contributed by atoms with Crippen molar-refractivity contribution in [1.29, 1.82) is 0 Å². The smallest absolute Gasteiger partial charge is 0.462 e. The Kier molecular flexibility index (Phi) is 71.8. The molecule has 19 heteroatoms. The van der Waals surface area contributed by atoms with Crippen LogP contribution in [0.5, 0.6) is 0 Å². The van der Waals surface area contributed by atoms with Gasteiger partial charge in [-0.15, -0.1) is 0 Å². The summed E-state index contributed by atoms with van der Waals surface area (Å²) < 4.78 is 68.8. The van der Waals surface area contributed by atoms with Gasteiger partial charge in [0.2, 0.25) is 0 Å². The van der Waals surface area contributed by atoms with Crippen LogP contribution >= 0.6 is 15.6 Å². The maximum Gasteiger partial charge on any atom is 0.472 e. The zero-order chi connectivity index (χ0) is 75.1. The normalized spacial score (nSPS) is 13.9. The summed E-state index contributed by atoms with van der Waals surface area (Å²) in [6.45, 7) is 12.0. The molecule has 3 N–H and O–H groups in total. The summed E-state index contributed by atoms with van der Waals surface area (Å²) in [6.07, 6.45) is 62.4. The van der Waals surface area contributed by atoms with Gasteiger partial charge >= 0.3 is 39.5 Å². The lowest BCUT2D eigenvalue weighted by Crippen LogP contribution is -2.30. The lowest BCUT2D eigenvalue weighted by atomic mass is 10.0. The molecule has 0 aromatic heterocycles. The number of ether oxygens (including phenoxy) is 4. The van der Waals surface area contributed by atoms with Crippen LogP contribution in [0.25, 0.3) is 0 Å². The number of esters is 4. The third-order valence-electron chi connectivity index (χ3n) is 19.4. The highest BCUT2D eigenvalue weighted by molar-refractivity contribution is 7.47. The second-order valence-corrected chi connectivity index (χ2v) is 34.2. The van der Waals surface area contributed by atoms with Crippen molar-refractivity contribution in [1.82, 2.24) is 0 Å². The molecule has 0 bridgehead atoms. The predicted molar refractivity (Wildman–Crippen MR) is 418 cm³/mol. The van der Waals surface area contributed by atoms with Crippen molar-refractivity contribution in [3.63, 3.8) is 0 Å². The predicted octanol–water partition coefficient (Wildman–Crippen LogP) is 24.9. The molecule has 0 saturated carbocycles. The van der Waals surface area contributed by atoms with E-state index < -0.39 is 97.5 Å². The molecule has 0 heterocycles. The fourth-order valence-electron chi connectivity index (χ4n) is 12.8. The van der Waals surface area contributed by atoms with Gasteiger partial charge < -0.3 is 33.8 Å². The van der Waals surface area contributed by atoms with Gasteiger partial charge in [-0.1, -0.05) is 382 Å². The summed E-state index contributed by atoms with van der Waals surface area (Å²) in [5.74, 6) is 0.202. The Morgan fingerprint density at radius 3 is 0.667 bits per heavy atom. The SMILES string of the molecule is CCCCCCCCCCCCCCCCCCCCCC(=O)O[C@H](COC(=O)CCCCCCCCCCCCCCCCC(C)C)COP(=O)(O)OC[C@@H](O)COP(=O)(O)OC[C@@H](COC(=O)CCCCCCCCCCCCC(C)C)OC(=O)CCCCCCCCCCCCC(C)C. The molecule has 102 heavy (non-hydrogen) atoms. The molecule has 0 radical (unpaired) electrons. The number of hydrogen-bond donors (Lipinski definition) is 3. The topological polar surface area (TPSA) is 237 Å². The zero-order valence-corrected chi connectivity index (χ0v) is 68.9. The van der Waals surface area contributed by atoms with Crippen molar-refractivity contribution in [2.75, 3.05) is 39.6 Å². The van der Waals surface area contributed by atoms with E-state index in [-0.39, 0.29) is 25.7 Å². The number of aliphatic hydroxyl groups is 1. The van der Waals surface area contributed by atoms with Crippen molar-refractivity contribution in [3.8, 4) is 0 Å². The monoisotopic (exact) mass is 1490 g/mol. The van der Waals surface area contributed by atoms with E-state index in [4.69, 9.17) is 37.0 Å². The Morgan fingerprint density at radius 2 is 0.451 bits per heavy atom. The van der Waals surface area contributed by atoms with Crippen LogP contribution in [0.1, 0.15) is 434 Å². The van der Waals surface area contributed by atoms with E-state index in [2.05, 4.69) is 48.5 Å². The standard InChI is InChI=1S/C83H162O17P2/c1-8-9-10-11-12-13-14-15-16-17-18-19-20-25-28-38-45-52-59-66-82(87)99-78(70-93-80(85)64-57-50-43-36-27-24-22-21-23-26-33-40-47-54-61-74(2)3)72-97-101(89,90)95-68-77(84)69-96-102(91,92)98-73-79(100-83(88)67-60-53-46-39-32-30-35-42-49-56-63-76(6)7)71-94-81(86)65-58-51-44-37-31-29-34-41-48-55-62-75(4)5/h74-79,84H,8-73H2,1-7H3,(H,89,90)(H,91,92)/t77-,78-,79-/m1/s1. The average molecular weight is 1490 g/mol. The van der Waals surface area contributed by atoms with Gasteiger partial charge in [-0.05, 0) is 43.4 Å². The highest BCUT2D eigenvalue weighted by Gasteiger charge is 2.30. The minimum atomic E-state index is -4.96. The fourth-order valence-corrected chi connectivity index (χ4v) is 14.4. The van der Waals surface area contributed by atoms with Crippen molar-refractivity contribution in [3.05, 3.63) is 0 Å². The first-order valence-corrected chi connectivity index (χ1v) is 45.8. The molecule has 0 saturated heterocycles. The van der Waals surface area contributed by atoms with Crippen LogP contribution in [0.4, 0.5) is 0 Å². The van der Waals surface area contributed by atoms with Crippen molar-refractivity contribution in [2.45, 2.75) is 452 Å². The van der Waals surface area contributed by atoms with Gasteiger partial charge in [-0.2, -0.15) is 0 Å². The maximum absolute atomic E-state index is 13.1. The second kappa shape index (κ2) is 73.2. The Labute approximate surface area is 626 Å². The van der Waals surface area contributed by atoms with Crippen molar-refractivity contribution >= 4 is 39.5 Å². The van der Waals surface area contributed by atoms with Crippen LogP contribution in [0.2, 0.25) is 0 Å². The largest absolute Gasteiger partial charge is 0.472 e. The van der Waals surface area contributed by atoms with E-state index in [0.29, 0.717) is 25.7 Å². The molecule has 0 amide bonds. The lowest BCUT2D eigenvalue weighted by Gasteiger charge is -2.21. The molecule has 5 atom stereocenters. The van der Waals surface area contributed by atoms with Gasteiger partial charge in [0.1, 0.15) is 19.3 Å². The van der Waals surface area contributed by atoms with E-state index in [0.717, 1.165) is 108 Å². The van der Waals surface area contributed by atoms with Crippen LogP contribution < -0.4 is 0 Å². The minimum Gasteiger partial charge on any atom is -0.462 e. The Hall–Kier alpha value is -1.94. The summed E-state index contributed by atoms with van der Waals surface area (Å²) >= 11 is 0. The summed E-state index contributed by atoms with van der Waals surface area (Å²) in [5, 5.41) is 10.7. The van der Waals surface area contributed by atoms with Gasteiger partial charge in [-0.3, -0.25) is 37.3 Å². The number of rotatable bonds is 81. The molecule has 0 aliphatic rings. The highest BCUT2D eigenvalue weighted by atomic mass is 31.2.